The minimum absolute atomic E-state index is 0.0793. The monoisotopic (exact) mass is 378 g/mol. The molecular weight excluding hydrogens is 360 g/mol. The van der Waals surface area contributed by atoms with Gasteiger partial charge in [-0.15, -0.1) is 0 Å². The van der Waals surface area contributed by atoms with E-state index in [0.717, 1.165) is 32.0 Å². The van der Waals surface area contributed by atoms with Gasteiger partial charge in [-0.2, -0.15) is 0 Å². The van der Waals surface area contributed by atoms with Crippen LogP contribution >= 0.6 is 23.5 Å². The van der Waals surface area contributed by atoms with Crippen LogP contribution in [0, 0.1) is 10.8 Å². The van der Waals surface area contributed by atoms with Crippen LogP contribution in [-0.2, 0) is 0 Å². The fraction of sp³-hybridized carbons (Fsp3) is 0. The summed E-state index contributed by atoms with van der Waals surface area (Å²) in [7, 11) is 0. The standard InChI is InChI=1S/C20H18N4S2/c21-19(22)25-17-8-2-6-15(11-17)13-4-1-5-14(10-13)16-7-3-9-18(12-16)26-20(23)24/h1-12H,(H3,21,22)(H3,23,24). The summed E-state index contributed by atoms with van der Waals surface area (Å²) < 4.78 is 0. The number of amidine groups is 2. The van der Waals surface area contributed by atoms with E-state index in [0.29, 0.717) is 0 Å². The van der Waals surface area contributed by atoms with Crippen molar-refractivity contribution in [3.8, 4) is 22.3 Å². The lowest BCUT2D eigenvalue weighted by Gasteiger charge is -2.09. The first-order chi connectivity index (χ1) is 12.5. The molecule has 0 spiro atoms. The third-order valence-corrected chi connectivity index (χ3v) is 5.07. The molecule has 6 heteroatoms. The number of nitrogens with two attached hydrogens (primary N) is 2. The van der Waals surface area contributed by atoms with Crippen molar-refractivity contribution in [2.75, 3.05) is 0 Å². The molecule has 130 valence electrons. The second kappa shape index (κ2) is 8.12. The summed E-state index contributed by atoms with van der Waals surface area (Å²) in [4.78, 5) is 1.89. The number of hydrogen-bond donors (Lipinski definition) is 4. The molecule has 3 aromatic rings. The van der Waals surface area contributed by atoms with Gasteiger partial charge in [0, 0.05) is 9.79 Å². The van der Waals surface area contributed by atoms with Gasteiger partial charge in [-0.05, 0) is 52.6 Å². The van der Waals surface area contributed by atoms with Crippen LogP contribution in [0.15, 0.2) is 82.6 Å². The maximum absolute atomic E-state index is 7.44. The van der Waals surface area contributed by atoms with E-state index in [2.05, 4.69) is 18.2 Å². The third kappa shape index (κ3) is 4.68. The summed E-state index contributed by atoms with van der Waals surface area (Å²) in [5.41, 5.74) is 15.3. The van der Waals surface area contributed by atoms with Crippen LogP contribution in [0.25, 0.3) is 22.3 Å². The maximum Gasteiger partial charge on any atom is 0.155 e. The Hall–Kier alpha value is -2.70. The van der Waals surface area contributed by atoms with Gasteiger partial charge in [0.25, 0.3) is 0 Å². The van der Waals surface area contributed by atoms with E-state index in [1.807, 2.05) is 54.6 Å². The predicted molar refractivity (Wildman–Crippen MR) is 113 cm³/mol. The summed E-state index contributed by atoms with van der Waals surface area (Å²) in [5, 5.41) is 15.0. The van der Waals surface area contributed by atoms with Crippen LogP contribution in [0.3, 0.4) is 0 Å². The van der Waals surface area contributed by atoms with Crippen LogP contribution in [0.5, 0.6) is 0 Å². The van der Waals surface area contributed by atoms with Gasteiger partial charge in [0.05, 0.1) is 0 Å². The lowest BCUT2D eigenvalue weighted by molar-refractivity contribution is 1.44. The Labute approximate surface area is 161 Å². The van der Waals surface area contributed by atoms with Crippen molar-refractivity contribution in [1.82, 2.24) is 0 Å². The van der Waals surface area contributed by atoms with Crippen LogP contribution in [0.2, 0.25) is 0 Å². The van der Waals surface area contributed by atoms with Crippen molar-refractivity contribution in [1.29, 1.82) is 10.8 Å². The smallest absolute Gasteiger partial charge is 0.155 e. The zero-order chi connectivity index (χ0) is 18.5. The predicted octanol–water partition coefficient (Wildman–Crippen LogP) is 4.99. The minimum atomic E-state index is 0.0793. The molecule has 26 heavy (non-hydrogen) atoms. The highest BCUT2D eigenvalue weighted by Gasteiger charge is 2.05. The van der Waals surface area contributed by atoms with Crippen molar-refractivity contribution >= 4 is 33.9 Å². The zero-order valence-corrected chi connectivity index (χ0v) is 15.5. The van der Waals surface area contributed by atoms with Crippen LogP contribution in [-0.4, -0.2) is 10.3 Å². The van der Waals surface area contributed by atoms with E-state index < -0.39 is 0 Å². The summed E-state index contributed by atoms with van der Waals surface area (Å²) in [6, 6.07) is 24.3. The molecule has 0 atom stereocenters. The molecule has 3 rings (SSSR count). The maximum atomic E-state index is 7.44. The highest BCUT2D eigenvalue weighted by molar-refractivity contribution is 8.14. The lowest BCUT2D eigenvalue weighted by Crippen LogP contribution is -2.02. The van der Waals surface area contributed by atoms with Gasteiger partial charge in [0.2, 0.25) is 0 Å². The molecular formula is C20H18N4S2. The van der Waals surface area contributed by atoms with Gasteiger partial charge >= 0.3 is 0 Å². The second-order valence-corrected chi connectivity index (χ2v) is 7.80. The lowest BCUT2D eigenvalue weighted by atomic mass is 9.99. The van der Waals surface area contributed by atoms with Gasteiger partial charge in [0.1, 0.15) is 0 Å². The van der Waals surface area contributed by atoms with E-state index in [9.17, 15) is 0 Å². The quantitative estimate of drug-likeness (QED) is 0.292. The molecule has 0 radical (unpaired) electrons. The highest BCUT2D eigenvalue weighted by atomic mass is 32.2. The molecule has 0 saturated carbocycles. The Balaban J connectivity index is 1.94. The third-order valence-electron chi connectivity index (χ3n) is 3.65. The Kier molecular flexibility index (Phi) is 5.65. The fourth-order valence-corrected chi connectivity index (χ4v) is 3.78. The molecule has 0 saturated heterocycles. The van der Waals surface area contributed by atoms with E-state index in [-0.39, 0.29) is 10.3 Å². The Morgan fingerprint density at radius 3 is 1.31 bits per heavy atom. The normalized spacial score (nSPS) is 10.5. The van der Waals surface area contributed by atoms with E-state index >= 15 is 0 Å². The largest absolute Gasteiger partial charge is 0.378 e. The SMILES string of the molecule is N=C(N)Sc1cccc(-c2cccc(-c3cccc(SC(=N)N)c3)c2)c1. The first kappa shape index (κ1) is 18.1. The average Bonchev–Trinajstić information content (AvgIpc) is 2.61. The average molecular weight is 379 g/mol. The molecule has 6 N–H and O–H groups in total. The molecule has 0 amide bonds. The van der Waals surface area contributed by atoms with Crippen LogP contribution in [0.4, 0.5) is 0 Å². The van der Waals surface area contributed by atoms with Crippen LogP contribution < -0.4 is 11.5 Å². The number of benzene rings is 3. The Morgan fingerprint density at radius 1 is 0.577 bits per heavy atom. The summed E-state index contributed by atoms with van der Waals surface area (Å²) in [6.07, 6.45) is 0. The van der Waals surface area contributed by atoms with E-state index in [1.165, 1.54) is 23.5 Å². The van der Waals surface area contributed by atoms with Gasteiger partial charge < -0.3 is 11.5 Å². The number of nitrogens with one attached hydrogen (secondary N) is 2. The molecule has 0 heterocycles. The van der Waals surface area contributed by atoms with Gasteiger partial charge in [-0.3, -0.25) is 10.8 Å². The Bertz CT molecular complexity index is 895. The molecule has 0 aliphatic carbocycles. The topological polar surface area (TPSA) is 99.7 Å². The number of rotatable bonds is 4. The molecule has 0 aromatic heterocycles. The van der Waals surface area contributed by atoms with Crippen molar-refractivity contribution in [3.63, 3.8) is 0 Å². The molecule has 0 aliphatic rings. The molecule has 4 nitrogen and oxygen atoms in total. The number of hydrogen-bond acceptors (Lipinski definition) is 4. The number of thioether (sulfide) groups is 2. The first-order valence-corrected chi connectivity index (χ1v) is 9.49. The van der Waals surface area contributed by atoms with Crippen molar-refractivity contribution in [3.05, 3.63) is 72.8 Å². The fourth-order valence-electron chi connectivity index (χ4n) is 2.61. The van der Waals surface area contributed by atoms with Gasteiger partial charge in [-0.1, -0.05) is 66.0 Å². The molecule has 0 bridgehead atoms. The summed E-state index contributed by atoms with van der Waals surface area (Å²) >= 11 is 2.48. The van der Waals surface area contributed by atoms with Crippen molar-refractivity contribution in [2.24, 2.45) is 11.5 Å². The van der Waals surface area contributed by atoms with Crippen molar-refractivity contribution in [2.45, 2.75) is 9.79 Å². The molecule has 0 fully saturated rings. The minimum Gasteiger partial charge on any atom is -0.378 e. The molecule has 0 unspecified atom stereocenters. The molecule has 3 aromatic carbocycles. The Morgan fingerprint density at radius 2 is 0.923 bits per heavy atom. The molecule has 0 aliphatic heterocycles. The second-order valence-electron chi connectivity index (χ2n) is 5.57. The summed E-state index contributed by atoms with van der Waals surface area (Å²) in [6.45, 7) is 0. The first-order valence-electron chi connectivity index (χ1n) is 7.86. The zero-order valence-electron chi connectivity index (χ0n) is 13.9. The van der Waals surface area contributed by atoms with Gasteiger partial charge in [-0.25, -0.2) is 0 Å². The summed E-state index contributed by atoms with van der Waals surface area (Å²) in [5.74, 6) is 0. The van der Waals surface area contributed by atoms with E-state index in [4.69, 9.17) is 22.3 Å². The van der Waals surface area contributed by atoms with E-state index in [1.54, 1.807) is 0 Å². The van der Waals surface area contributed by atoms with Crippen molar-refractivity contribution < 1.29 is 0 Å². The highest BCUT2D eigenvalue weighted by Crippen LogP contribution is 2.30. The van der Waals surface area contributed by atoms with Crippen LogP contribution in [0.1, 0.15) is 0 Å². The van der Waals surface area contributed by atoms with Gasteiger partial charge in [0.15, 0.2) is 10.3 Å².